The van der Waals surface area contributed by atoms with Crippen molar-refractivity contribution in [3.63, 3.8) is 0 Å². The van der Waals surface area contributed by atoms with E-state index in [-0.39, 0.29) is 28.2 Å². The van der Waals surface area contributed by atoms with Crippen LogP contribution in [0, 0.1) is 0 Å². The molecule has 1 N–H and O–H groups in total. The van der Waals surface area contributed by atoms with Gasteiger partial charge in [0.2, 0.25) is 0 Å². The maximum atomic E-state index is 12.9. The van der Waals surface area contributed by atoms with E-state index in [1.165, 1.54) is 36.4 Å². The van der Waals surface area contributed by atoms with Crippen LogP contribution in [0.2, 0.25) is 0 Å². The van der Waals surface area contributed by atoms with Crippen LogP contribution < -0.4 is 4.72 Å². The lowest BCUT2D eigenvalue weighted by molar-refractivity contribution is 0.0251. The van der Waals surface area contributed by atoms with E-state index >= 15 is 0 Å². The smallest absolute Gasteiger partial charge is 0.357 e. The lowest BCUT2D eigenvalue weighted by Crippen LogP contribution is -2.33. The average molecular weight is 560 g/mol. The van der Waals surface area contributed by atoms with Gasteiger partial charge >= 0.3 is 5.97 Å². The summed E-state index contributed by atoms with van der Waals surface area (Å²) >= 11 is 0. The van der Waals surface area contributed by atoms with Crippen LogP contribution in [0.25, 0.3) is 0 Å². The third-order valence-corrected chi connectivity index (χ3v) is 7.57. The van der Waals surface area contributed by atoms with Crippen molar-refractivity contribution in [1.82, 2.24) is 14.6 Å². The summed E-state index contributed by atoms with van der Waals surface area (Å²) in [6.07, 6.45) is 7.93. The average Bonchev–Trinajstić information content (AvgIpc) is 2.93. The predicted molar refractivity (Wildman–Crippen MR) is 150 cm³/mol. The fraction of sp³-hybridized carbons (Fsp3) is 0.517. The van der Waals surface area contributed by atoms with Crippen molar-refractivity contribution in [3.05, 3.63) is 59.4 Å². The first-order valence-corrected chi connectivity index (χ1v) is 15.3. The molecule has 0 aliphatic heterocycles. The number of sulfonamides is 1. The van der Waals surface area contributed by atoms with Crippen LogP contribution >= 0.6 is 0 Å². The number of carbonyl (C=O) groups is 3. The first-order valence-electron chi connectivity index (χ1n) is 13.8. The second kappa shape index (κ2) is 16.0. The Hall–Kier alpha value is -3.27. The Morgan fingerprint density at radius 1 is 0.846 bits per heavy atom. The highest BCUT2D eigenvalue weighted by molar-refractivity contribution is 7.90. The van der Waals surface area contributed by atoms with Crippen molar-refractivity contribution in [2.45, 2.75) is 90.1 Å². The third-order valence-electron chi connectivity index (χ3n) is 6.22. The van der Waals surface area contributed by atoms with Crippen LogP contribution in [0.1, 0.15) is 110 Å². The van der Waals surface area contributed by atoms with E-state index in [1.807, 2.05) is 18.6 Å². The van der Waals surface area contributed by atoms with Crippen molar-refractivity contribution in [2.75, 3.05) is 13.1 Å². The predicted octanol–water partition coefficient (Wildman–Crippen LogP) is 5.37. The lowest BCUT2D eigenvalue weighted by atomic mass is 10.1. The molecule has 39 heavy (non-hydrogen) atoms. The van der Waals surface area contributed by atoms with E-state index < -0.39 is 21.9 Å². The molecule has 0 fully saturated rings. The number of carbonyl (C=O) groups excluding carboxylic acids is 3. The van der Waals surface area contributed by atoms with Gasteiger partial charge in [0.05, 0.1) is 10.5 Å². The molecule has 0 bridgehead atoms. The zero-order valence-electron chi connectivity index (χ0n) is 23.4. The lowest BCUT2D eigenvalue weighted by Gasteiger charge is -2.22. The zero-order valence-corrected chi connectivity index (χ0v) is 24.3. The highest BCUT2D eigenvalue weighted by Crippen LogP contribution is 2.15. The number of nitrogens with one attached hydrogen (secondary N) is 1. The topological polar surface area (TPSA) is 123 Å². The minimum absolute atomic E-state index is 0.0249. The molecule has 10 heteroatoms. The van der Waals surface area contributed by atoms with E-state index in [0.717, 1.165) is 57.6 Å². The fourth-order valence-electron chi connectivity index (χ4n) is 3.98. The number of hydrogen-bond acceptors (Lipinski definition) is 7. The molecular weight excluding hydrogens is 518 g/mol. The number of pyridine rings is 1. The summed E-state index contributed by atoms with van der Waals surface area (Å²) in [7, 11) is -4.20. The zero-order chi connectivity index (χ0) is 28.8. The van der Waals surface area contributed by atoms with Crippen LogP contribution in [0.5, 0.6) is 0 Å². The van der Waals surface area contributed by atoms with Crippen molar-refractivity contribution in [2.24, 2.45) is 0 Å². The van der Waals surface area contributed by atoms with E-state index in [4.69, 9.17) is 4.74 Å². The van der Waals surface area contributed by atoms with Crippen LogP contribution in [-0.2, 0) is 14.8 Å². The molecule has 1 aromatic carbocycles. The molecule has 0 aliphatic carbocycles. The van der Waals surface area contributed by atoms with Crippen molar-refractivity contribution in [1.29, 1.82) is 0 Å². The highest BCUT2D eigenvalue weighted by atomic mass is 32.2. The number of aromatic nitrogens is 1. The number of rotatable bonds is 16. The third kappa shape index (κ3) is 9.76. The van der Waals surface area contributed by atoms with E-state index in [0.29, 0.717) is 18.7 Å². The summed E-state index contributed by atoms with van der Waals surface area (Å²) in [6.45, 7) is 9.45. The first-order chi connectivity index (χ1) is 18.7. The molecule has 0 saturated carbocycles. The number of hydrogen-bond donors (Lipinski definition) is 1. The van der Waals surface area contributed by atoms with Gasteiger partial charge < -0.3 is 9.64 Å². The number of esters is 1. The van der Waals surface area contributed by atoms with Crippen LogP contribution in [0.4, 0.5) is 0 Å². The van der Waals surface area contributed by atoms with E-state index in [2.05, 4.69) is 18.8 Å². The van der Waals surface area contributed by atoms with Gasteiger partial charge in [0.1, 0.15) is 11.8 Å². The summed E-state index contributed by atoms with van der Waals surface area (Å²) in [6, 6.07) is 8.19. The summed E-state index contributed by atoms with van der Waals surface area (Å²) in [5.74, 6) is -1.62. The quantitative estimate of drug-likeness (QED) is 0.274. The molecule has 0 saturated heterocycles. The molecule has 9 nitrogen and oxygen atoms in total. The second-order valence-corrected chi connectivity index (χ2v) is 11.2. The Morgan fingerprint density at radius 3 is 1.90 bits per heavy atom. The summed E-state index contributed by atoms with van der Waals surface area (Å²) in [5.41, 5.74) is 0.404. The Balaban J connectivity index is 2.07. The largest absolute Gasteiger partial charge is 0.458 e. The van der Waals surface area contributed by atoms with Crippen LogP contribution in [0.15, 0.2) is 47.5 Å². The molecule has 0 unspecified atom stereocenters. The van der Waals surface area contributed by atoms with Crippen LogP contribution in [0.3, 0.4) is 0 Å². The van der Waals surface area contributed by atoms with E-state index in [1.54, 1.807) is 4.90 Å². The number of nitrogens with zero attached hydrogens (tertiary/aromatic N) is 2. The van der Waals surface area contributed by atoms with Gasteiger partial charge in [-0.3, -0.25) is 9.59 Å². The monoisotopic (exact) mass is 559 g/mol. The second-order valence-electron chi connectivity index (χ2n) is 9.50. The number of ether oxygens (including phenoxy) is 1. The van der Waals surface area contributed by atoms with Gasteiger partial charge in [-0.2, -0.15) is 0 Å². The Morgan fingerprint density at radius 2 is 1.41 bits per heavy atom. The molecule has 0 spiro atoms. The van der Waals surface area contributed by atoms with Gasteiger partial charge in [0.25, 0.3) is 21.8 Å². The molecule has 214 valence electrons. The minimum atomic E-state index is -4.20. The van der Waals surface area contributed by atoms with Gasteiger partial charge in [-0.05, 0) is 62.1 Å². The highest BCUT2D eigenvalue weighted by Gasteiger charge is 2.22. The number of amides is 2. The molecule has 0 atom stereocenters. The molecule has 2 aromatic rings. The Labute approximate surface area is 232 Å². The maximum Gasteiger partial charge on any atom is 0.357 e. The molecular formula is C29H41N3O6S. The van der Waals surface area contributed by atoms with Gasteiger partial charge in [-0.25, -0.2) is 22.9 Å². The molecule has 1 heterocycles. The number of benzene rings is 1. The Bertz CT molecular complexity index is 1170. The molecule has 2 rings (SSSR count). The van der Waals surface area contributed by atoms with Gasteiger partial charge in [0, 0.05) is 24.8 Å². The van der Waals surface area contributed by atoms with Gasteiger partial charge in [-0.1, -0.05) is 53.4 Å². The SMILES string of the molecule is CCCCN(CCCC)C(=O)c1ccc(S(=O)(=O)NC(=O)c2ccc(C(=O)OC(CCC)CCC)nc2)cc1. The standard InChI is InChI=1S/C29H41N3O6S/c1-5-9-19-32(20-10-6-2)28(34)22-13-16-25(17-14-22)39(36,37)31-27(33)23-15-18-26(30-21-23)29(35)38-24(11-7-3)12-8-4/h13-18,21,24H,5-12,19-20H2,1-4H3,(H,31,33). The fourth-order valence-corrected chi connectivity index (χ4v) is 4.95. The Kier molecular flexibility index (Phi) is 13.1. The summed E-state index contributed by atoms with van der Waals surface area (Å²) in [5, 5.41) is 0. The van der Waals surface area contributed by atoms with E-state index in [9.17, 15) is 22.8 Å². The number of unbranched alkanes of at least 4 members (excludes halogenated alkanes) is 2. The molecule has 0 radical (unpaired) electrons. The van der Waals surface area contributed by atoms with Crippen LogP contribution in [-0.4, -0.2) is 55.3 Å². The first kappa shape index (κ1) is 31.9. The van der Waals surface area contributed by atoms with Crippen molar-refractivity contribution >= 4 is 27.8 Å². The van der Waals surface area contributed by atoms with Crippen molar-refractivity contribution in [3.8, 4) is 0 Å². The molecule has 1 aromatic heterocycles. The summed E-state index contributed by atoms with van der Waals surface area (Å²) in [4.78, 5) is 43.6. The maximum absolute atomic E-state index is 12.9. The minimum Gasteiger partial charge on any atom is -0.458 e. The molecule has 0 aliphatic rings. The van der Waals surface area contributed by atoms with Crippen molar-refractivity contribution < 1.29 is 27.5 Å². The van der Waals surface area contributed by atoms with Gasteiger partial charge in [0.15, 0.2) is 0 Å². The van der Waals surface area contributed by atoms with Gasteiger partial charge in [-0.15, -0.1) is 0 Å². The summed E-state index contributed by atoms with van der Waals surface area (Å²) < 4.78 is 33.1. The molecule has 2 amide bonds. The normalized spacial score (nSPS) is 11.3.